The summed E-state index contributed by atoms with van der Waals surface area (Å²) in [6.07, 6.45) is -11.0. The molecule has 2 heterocycles. The number of hydrogen-bond acceptors (Lipinski definition) is 12. The smallest absolute Gasteiger partial charge is 0.187 e. The lowest BCUT2D eigenvalue weighted by molar-refractivity contribution is -0.359. The molecule has 12 nitrogen and oxygen atoms in total. The SMILES string of the molecule is NCCCCCCO[C@@H]1O[C@H](CO)[C@@H](O[C@@H]2O[C@H](CO)[C@H](O)[C@H](O)[C@H]2O)[C@H](O)[C@H]1O. The van der Waals surface area contributed by atoms with Crippen LogP contribution in [0.25, 0.3) is 0 Å². The van der Waals surface area contributed by atoms with Crippen molar-refractivity contribution >= 4 is 0 Å². The van der Waals surface area contributed by atoms with Gasteiger partial charge < -0.3 is 60.4 Å². The lowest BCUT2D eigenvalue weighted by Crippen LogP contribution is -2.64. The van der Waals surface area contributed by atoms with E-state index in [2.05, 4.69) is 0 Å². The molecule has 2 saturated heterocycles. The predicted molar refractivity (Wildman–Crippen MR) is 99.9 cm³/mol. The number of hydrogen-bond donors (Lipinski definition) is 8. The van der Waals surface area contributed by atoms with Crippen molar-refractivity contribution in [3.63, 3.8) is 0 Å². The maximum atomic E-state index is 10.5. The third kappa shape index (κ3) is 6.28. The summed E-state index contributed by atoms with van der Waals surface area (Å²) < 4.78 is 21.7. The molecule has 0 aliphatic carbocycles. The molecule has 2 aliphatic heterocycles. The van der Waals surface area contributed by atoms with Gasteiger partial charge >= 0.3 is 0 Å². The number of ether oxygens (including phenoxy) is 4. The van der Waals surface area contributed by atoms with Crippen molar-refractivity contribution in [1.82, 2.24) is 0 Å². The van der Waals surface area contributed by atoms with Crippen LogP contribution < -0.4 is 5.73 Å². The quantitative estimate of drug-likeness (QED) is 0.145. The Balaban J connectivity index is 1.94. The standard InChI is InChI=1S/C18H35NO11/c19-5-3-1-2-4-6-27-17-15(26)13(24)16(10(8-21)29-17)30-18-14(25)12(23)11(22)9(7-20)28-18/h9-18,20-26H,1-8,19H2/t9-,10-,11+,12+,13-,14-,15-,16-,17-,18+/m1/s1. The number of aliphatic hydroxyl groups excluding tert-OH is 7. The van der Waals surface area contributed by atoms with Crippen molar-refractivity contribution < 1.29 is 54.7 Å². The molecule has 2 fully saturated rings. The van der Waals surface area contributed by atoms with Crippen LogP contribution >= 0.6 is 0 Å². The molecule has 10 atom stereocenters. The van der Waals surface area contributed by atoms with Gasteiger partial charge in [-0.1, -0.05) is 12.8 Å². The molecule has 0 aromatic heterocycles. The second-order valence-electron chi connectivity index (χ2n) is 7.58. The fraction of sp³-hybridized carbons (Fsp3) is 1.00. The summed E-state index contributed by atoms with van der Waals surface area (Å²) in [5, 5.41) is 69.5. The van der Waals surface area contributed by atoms with Gasteiger partial charge in [-0.15, -0.1) is 0 Å². The van der Waals surface area contributed by atoms with Crippen LogP contribution in [0.15, 0.2) is 0 Å². The summed E-state index contributed by atoms with van der Waals surface area (Å²) in [6, 6.07) is 0. The van der Waals surface area contributed by atoms with Crippen molar-refractivity contribution in [2.75, 3.05) is 26.4 Å². The molecule has 2 rings (SSSR count). The summed E-state index contributed by atoms with van der Waals surface area (Å²) in [6.45, 7) is -0.356. The summed E-state index contributed by atoms with van der Waals surface area (Å²) in [4.78, 5) is 0. The third-order valence-electron chi connectivity index (χ3n) is 5.34. The number of nitrogens with two attached hydrogens (primary N) is 1. The van der Waals surface area contributed by atoms with Crippen LogP contribution in [0, 0.1) is 0 Å². The molecule has 0 bridgehead atoms. The van der Waals surface area contributed by atoms with Crippen molar-refractivity contribution in [3.05, 3.63) is 0 Å². The Kier molecular flexibility index (Phi) is 10.8. The van der Waals surface area contributed by atoms with Crippen molar-refractivity contribution in [3.8, 4) is 0 Å². The highest BCUT2D eigenvalue weighted by Gasteiger charge is 2.50. The first kappa shape index (κ1) is 25.8. The molecular formula is C18H35NO11. The van der Waals surface area contributed by atoms with Crippen molar-refractivity contribution in [1.29, 1.82) is 0 Å². The third-order valence-corrected chi connectivity index (χ3v) is 5.34. The van der Waals surface area contributed by atoms with Crippen LogP contribution in [0.4, 0.5) is 0 Å². The molecule has 0 amide bonds. The van der Waals surface area contributed by atoms with Gasteiger partial charge in [-0.3, -0.25) is 0 Å². The Morgan fingerprint density at radius 2 is 1.27 bits per heavy atom. The molecule has 9 N–H and O–H groups in total. The Morgan fingerprint density at radius 3 is 1.90 bits per heavy atom. The van der Waals surface area contributed by atoms with E-state index in [4.69, 9.17) is 24.7 Å². The van der Waals surface area contributed by atoms with Gasteiger partial charge in [-0.2, -0.15) is 0 Å². The Bertz CT molecular complexity index is 483. The van der Waals surface area contributed by atoms with Gasteiger partial charge in [0.2, 0.25) is 0 Å². The molecule has 0 radical (unpaired) electrons. The summed E-state index contributed by atoms with van der Waals surface area (Å²) in [7, 11) is 0. The average molecular weight is 441 g/mol. The molecule has 2 aliphatic rings. The molecule has 30 heavy (non-hydrogen) atoms. The summed E-state index contributed by atoms with van der Waals surface area (Å²) in [5.74, 6) is 0. The van der Waals surface area contributed by atoms with E-state index in [9.17, 15) is 35.7 Å². The monoisotopic (exact) mass is 441 g/mol. The van der Waals surface area contributed by atoms with Crippen LogP contribution in [0.3, 0.4) is 0 Å². The summed E-state index contributed by atoms with van der Waals surface area (Å²) >= 11 is 0. The van der Waals surface area contributed by atoms with Gasteiger partial charge in [-0.05, 0) is 19.4 Å². The normalized spacial score (nSPS) is 42.4. The van der Waals surface area contributed by atoms with Gasteiger partial charge in [0.25, 0.3) is 0 Å². The highest BCUT2D eigenvalue weighted by Crippen LogP contribution is 2.29. The predicted octanol–water partition coefficient (Wildman–Crippen LogP) is -3.85. The molecule has 0 spiro atoms. The van der Waals surface area contributed by atoms with E-state index >= 15 is 0 Å². The molecule has 0 unspecified atom stereocenters. The fourth-order valence-electron chi connectivity index (χ4n) is 3.49. The molecule has 178 valence electrons. The molecule has 12 heteroatoms. The van der Waals surface area contributed by atoms with E-state index < -0.39 is 74.6 Å². The average Bonchev–Trinajstić information content (AvgIpc) is 2.75. The zero-order valence-electron chi connectivity index (χ0n) is 16.8. The van der Waals surface area contributed by atoms with E-state index in [0.717, 1.165) is 19.3 Å². The Morgan fingerprint density at radius 1 is 0.667 bits per heavy atom. The van der Waals surface area contributed by atoms with Gasteiger partial charge in [0, 0.05) is 6.61 Å². The van der Waals surface area contributed by atoms with Gasteiger partial charge in [0.15, 0.2) is 12.6 Å². The van der Waals surface area contributed by atoms with E-state index in [0.29, 0.717) is 13.0 Å². The van der Waals surface area contributed by atoms with Crippen LogP contribution in [0.1, 0.15) is 25.7 Å². The lowest BCUT2D eigenvalue weighted by Gasteiger charge is -2.45. The zero-order valence-corrected chi connectivity index (χ0v) is 16.8. The first-order valence-corrected chi connectivity index (χ1v) is 10.3. The highest BCUT2D eigenvalue weighted by molar-refractivity contribution is 4.94. The number of unbranched alkanes of at least 4 members (excludes halogenated alkanes) is 3. The number of aliphatic hydroxyl groups is 7. The maximum Gasteiger partial charge on any atom is 0.187 e. The van der Waals surface area contributed by atoms with Crippen molar-refractivity contribution in [2.24, 2.45) is 5.73 Å². The summed E-state index contributed by atoms with van der Waals surface area (Å²) in [5.41, 5.74) is 5.43. The van der Waals surface area contributed by atoms with Crippen LogP contribution in [-0.2, 0) is 18.9 Å². The minimum atomic E-state index is -1.70. The van der Waals surface area contributed by atoms with Crippen LogP contribution in [0.2, 0.25) is 0 Å². The first-order chi connectivity index (χ1) is 14.3. The molecular weight excluding hydrogens is 406 g/mol. The zero-order chi connectivity index (χ0) is 22.3. The van der Waals surface area contributed by atoms with E-state index in [-0.39, 0.29) is 6.61 Å². The minimum absolute atomic E-state index is 0.273. The molecule has 0 saturated carbocycles. The van der Waals surface area contributed by atoms with E-state index in [1.165, 1.54) is 0 Å². The molecule has 0 aromatic rings. The second kappa shape index (κ2) is 12.5. The topological polar surface area (TPSA) is 205 Å². The largest absolute Gasteiger partial charge is 0.394 e. The maximum absolute atomic E-state index is 10.5. The second-order valence-corrected chi connectivity index (χ2v) is 7.58. The highest BCUT2D eigenvalue weighted by atomic mass is 16.7. The number of rotatable bonds is 11. The van der Waals surface area contributed by atoms with Gasteiger partial charge in [0.05, 0.1) is 13.2 Å². The Labute approximate surface area is 174 Å². The van der Waals surface area contributed by atoms with Crippen molar-refractivity contribution in [2.45, 2.75) is 87.1 Å². The lowest BCUT2D eigenvalue weighted by atomic mass is 9.97. The van der Waals surface area contributed by atoms with Gasteiger partial charge in [0.1, 0.15) is 48.8 Å². The molecule has 0 aromatic carbocycles. The fourth-order valence-corrected chi connectivity index (χ4v) is 3.49. The van der Waals surface area contributed by atoms with Gasteiger partial charge in [-0.25, -0.2) is 0 Å². The minimum Gasteiger partial charge on any atom is -0.394 e. The van der Waals surface area contributed by atoms with E-state index in [1.54, 1.807) is 0 Å². The Hall–Kier alpha value is -0.480. The first-order valence-electron chi connectivity index (χ1n) is 10.3. The van der Waals surface area contributed by atoms with Crippen LogP contribution in [0.5, 0.6) is 0 Å². The van der Waals surface area contributed by atoms with E-state index in [1.807, 2.05) is 0 Å². The van der Waals surface area contributed by atoms with Crippen LogP contribution in [-0.4, -0.2) is 124 Å².